The number of carbonyl (C=O) groups is 1. The van der Waals surface area contributed by atoms with Gasteiger partial charge in [0.1, 0.15) is 0 Å². The molecule has 0 aromatic heterocycles. The molecule has 7 heavy (non-hydrogen) atoms. The Morgan fingerprint density at radius 3 is 1.86 bits per heavy atom. The van der Waals surface area contributed by atoms with Gasteiger partial charge < -0.3 is 10.8 Å². The number of nitrogens with two attached hydrogens (primary N) is 1. The van der Waals surface area contributed by atoms with E-state index in [1.807, 2.05) is 0 Å². The maximum atomic E-state index is 9.35. The van der Waals surface area contributed by atoms with Crippen molar-refractivity contribution in [2.75, 3.05) is 0 Å². The van der Waals surface area contributed by atoms with Crippen LogP contribution in [-0.2, 0) is 4.79 Å². The van der Waals surface area contributed by atoms with E-state index in [0.717, 1.165) is 0 Å². The van der Waals surface area contributed by atoms with Crippen molar-refractivity contribution in [2.45, 2.75) is 0 Å². The van der Waals surface area contributed by atoms with E-state index in [1.165, 1.54) is 0 Å². The summed E-state index contributed by atoms with van der Waals surface area (Å²) in [5.74, 6) is -2.20. The number of amidine groups is 1. The van der Waals surface area contributed by atoms with Gasteiger partial charge in [-0.05, 0) is 0 Å². The van der Waals surface area contributed by atoms with Crippen molar-refractivity contribution in [1.82, 2.24) is 0 Å². The zero-order valence-corrected chi connectivity index (χ0v) is 4.16. The largest absolute Gasteiger partial charge is 0.475 e. The molecule has 0 unspecified atom stereocenters. The van der Waals surface area contributed by atoms with Crippen molar-refractivity contribution in [3.05, 3.63) is 0 Å². The van der Waals surface area contributed by atoms with Gasteiger partial charge in [-0.2, -0.15) is 0 Å². The summed E-state index contributed by atoms with van der Waals surface area (Å²) in [5.41, 5.74) is 4.42. The van der Waals surface area contributed by atoms with E-state index >= 15 is 0 Å². The lowest BCUT2D eigenvalue weighted by Gasteiger charge is -1.78. The SMILES string of the molecule is Cl.N=C(N)C(=O)O. The molecule has 0 heterocycles. The lowest BCUT2D eigenvalue weighted by atomic mass is 10.6. The average molecular weight is 125 g/mol. The third-order valence-corrected chi connectivity index (χ3v) is 0.230. The number of carboxylic acid groups (broad SMARTS) is 1. The molecule has 4 nitrogen and oxygen atoms in total. The van der Waals surface area contributed by atoms with Crippen molar-refractivity contribution in [3.8, 4) is 0 Å². The van der Waals surface area contributed by atoms with Crippen LogP contribution >= 0.6 is 12.4 Å². The van der Waals surface area contributed by atoms with Crippen LogP contribution in [0, 0.1) is 5.41 Å². The van der Waals surface area contributed by atoms with Crippen LogP contribution in [0.5, 0.6) is 0 Å². The molecule has 4 N–H and O–H groups in total. The minimum atomic E-state index is -1.38. The monoisotopic (exact) mass is 124 g/mol. The molecule has 0 amide bonds. The number of carboxylic acids is 1. The molecule has 0 aliphatic carbocycles. The summed E-state index contributed by atoms with van der Waals surface area (Å²) in [5, 5.41) is 13.8. The van der Waals surface area contributed by atoms with E-state index in [-0.39, 0.29) is 12.4 Å². The van der Waals surface area contributed by atoms with E-state index in [4.69, 9.17) is 10.5 Å². The van der Waals surface area contributed by atoms with Crippen LogP contribution < -0.4 is 5.73 Å². The van der Waals surface area contributed by atoms with E-state index in [2.05, 4.69) is 5.73 Å². The Balaban J connectivity index is 0. The molecule has 0 radical (unpaired) electrons. The number of halogens is 1. The first-order valence-corrected chi connectivity index (χ1v) is 1.22. The summed E-state index contributed by atoms with van der Waals surface area (Å²) in [7, 11) is 0. The van der Waals surface area contributed by atoms with Gasteiger partial charge in [0.05, 0.1) is 0 Å². The maximum absolute atomic E-state index is 9.35. The Morgan fingerprint density at radius 2 is 1.86 bits per heavy atom. The molecule has 42 valence electrons. The van der Waals surface area contributed by atoms with Crippen molar-refractivity contribution in [2.24, 2.45) is 5.73 Å². The van der Waals surface area contributed by atoms with Crippen molar-refractivity contribution in [1.29, 1.82) is 5.41 Å². The highest BCUT2D eigenvalue weighted by Crippen LogP contribution is 1.52. The van der Waals surface area contributed by atoms with Crippen molar-refractivity contribution < 1.29 is 9.90 Å². The molecular formula is C2H5ClN2O2. The third-order valence-electron chi connectivity index (χ3n) is 0.230. The van der Waals surface area contributed by atoms with Crippen LogP contribution in [0.4, 0.5) is 0 Å². The fourth-order valence-corrected chi connectivity index (χ4v) is 0. The molecule has 0 rings (SSSR count). The first-order valence-electron chi connectivity index (χ1n) is 1.22. The highest BCUT2D eigenvalue weighted by atomic mass is 35.5. The van der Waals surface area contributed by atoms with Crippen LogP contribution in [0.2, 0.25) is 0 Å². The first-order chi connectivity index (χ1) is 2.64. The number of hydrogen-bond acceptors (Lipinski definition) is 2. The number of nitrogens with one attached hydrogen (secondary N) is 1. The molecular weight excluding hydrogens is 119 g/mol. The summed E-state index contributed by atoms with van der Waals surface area (Å²) in [6.07, 6.45) is 0. The molecule has 0 saturated heterocycles. The number of aliphatic carboxylic acids is 1. The van der Waals surface area contributed by atoms with Crippen LogP contribution in [-0.4, -0.2) is 16.9 Å². The fraction of sp³-hybridized carbons (Fsp3) is 0. The maximum Gasteiger partial charge on any atom is 0.370 e. The van der Waals surface area contributed by atoms with Gasteiger partial charge in [-0.3, -0.25) is 5.41 Å². The molecule has 0 bridgehead atoms. The molecule has 0 aliphatic heterocycles. The fourth-order valence-electron chi connectivity index (χ4n) is 0. The normalized spacial score (nSPS) is 6.29. The molecule has 0 aliphatic rings. The van der Waals surface area contributed by atoms with Gasteiger partial charge in [0.25, 0.3) is 0 Å². The highest BCUT2D eigenvalue weighted by molar-refractivity contribution is 6.32. The quantitative estimate of drug-likeness (QED) is 0.299. The minimum absolute atomic E-state index is 0. The van der Waals surface area contributed by atoms with Gasteiger partial charge >= 0.3 is 5.97 Å². The highest BCUT2D eigenvalue weighted by Gasteiger charge is 1.94. The second kappa shape index (κ2) is 3.42. The second-order valence-electron chi connectivity index (χ2n) is 0.719. The van der Waals surface area contributed by atoms with E-state index in [0.29, 0.717) is 0 Å². The standard InChI is InChI=1S/C2H4N2O2.ClH/c3-1(4)2(5)6;/h(H3,3,4)(H,5,6);1H. The number of rotatable bonds is 0. The molecule has 5 heteroatoms. The van der Waals surface area contributed by atoms with E-state index < -0.39 is 11.8 Å². The molecule has 0 spiro atoms. The van der Waals surface area contributed by atoms with E-state index in [1.54, 1.807) is 0 Å². The Morgan fingerprint density at radius 1 is 1.71 bits per heavy atom. The molecule has 0 aromatic carbocycles. The molecule has 0 fully saturated rings. The topological polar surface area (TPSA) is 87.2 Å². The Kier molecular flexibility index (Phi) is 4.65. The average Bonchev–Trinajstić information content (AvgIpc) is 1.36. The van der Waals surface area contributed by atoms with Crippen LogP contribution in [0.3, 0.4) is 0 Å². The Hall–Kier alpha value is -0.770. The van der Waals surface area contributed by atoms with Gasteiger partial charge in [0.15, 0.2) is 0 Å². The summed E-state index contributed by atoms with van der Waals surface area (Å²) < 4.78 is 0. The first kappa shape index (κ1) is 9.52. The lowest BCUT2D eigenvalue weighted by molar-refractivity contribution is -0.129. The van der Waals surface area contributed by atoms with Gasteiger partial charge in [-0.1, -0.05) is 0 Å². The van der Waals surface area contributed by atoms with Crippen molar-refractivity contribution in [3.63, 3.8) is 0 Å². The summed E-state index contributed by atoms with van der Waals surface area (Å²) in [6, 6.07) is 0. The van der Waals surface area contributed by atoms with Crippen LogP contribution in [0.15, 0.2) is 0 Å². The van der Waals surface area contributed by atoms with Gasteiger partial charge in [-0.15, -0.1) is 12.4 Å². The lowest BCUT2D eigenvalue weighted by Crippen LogP contribution is -2.20. The minimum Gasteiger partial charge on any atom is -0.475 e. The summed E-state index contributed by atoms with van der Waals surface area (Å²) in [4.78, 5) is 9.35. The van der Waals surface area contributed by atoms with Crippen molar-refractivity contribution >= 4 is 24.2 Å². The van der Waals surface area contributed by atoms with Gasteiger partial charge in [-0.25, -0.2) is 4.79 Å². The zero-order valence-electron chi connectivity index (χ0n) is 3.34. The van der Waals surface area contributed by atoms with Crippen LogP contribution in [0.25, 0.3) is 0 Å². The third kappa shape index (κ3) is 5.23. The van der Waals surface area contributed by atoms with Crippen LogP contribution in [0.1, 0.15) is 0 Å². The zero-order chi connectivity index (χ0) is 5.15. The Bertz CT molecular complexity index is 79.7. The summed E-state index contributed by atoms with van der Waals surface area (Å²) in [6.45, 7) is 0. The van der Waals surface area contributed by atoms with E-state index in [9.17, 15) is 4.79 Å². The van der Waals surface area contributed by atoms with Gasteiger partial charge in [0, 0.05) is 0 Å². The Labute approximate surface area is 46.2 Å². The predicted molar refractivity (Wildman–Crippen MR) is 26.8 cm³/mol. The predicted octanol–water partition coefficient (Wildman–Crippen LogP) is -0.571. The molecule has 0 saturated carbocycles. The second-order valence-corrected chi connectivity index (χ2v) is 0.719. The smallest absolute Gasteiger partial charge is 0.370 e. The molecule has 0 aromatic rings. The number of hydrogen-bond donors (Lipinski definition) is 3. The molecule has 0 atom stereocenters. The van der Waals surface area contributed by atoms with Gasteiger partial charge in [0.2, 0.25) is 5.84 Å². The summed E-state index contributed by atoms with van der Waals surface area (Å²) >= 11 is 0.